The molecule has 1 unspecified atom stereocenters. The maximum absolute atomic E-state index is 10.0. The Morgan fingerprint density at radius 1 is 1.35 bits per heavy atom. The van der Waals surface area contributed by atoms with Crippen molar-refractivity contribution in [2.75, 3.05) is 18.0 Å². The lowest BCUT2D eigenvalue weighted by atomic mass is 9.98. The molecule has 0 spiro atoms. The molecule has 1 N–H and O–H groups in total. The molecular weight excluding hydrogens is 210 g/mol. The Labute approximate surface area is 104 Å². The number of anilines is 1. The molecule has 0 saturated heterocycles. The highest BCUT2D eigenvalue weighted by atomic mass is 16.3. The van der Waals surface area contributed by atoms with E-state index in [1.54, 1.807) is 0 Å². The maximum atomic E-state index is 10.0. The zero-order chi connectivity index (χ0) is 12.4. The number of hydrogen-bond donors (Lipinski definition) is 1. The van der Waals surface area contributed by atoms with E-state index in [2.05, 4.69) is 43.9 Å². The number of rotatable bonds is 3. The second kappa shape index (κ2) is 5.09. The Morgan fingerprint density at radius 3 is 2.82 bits per heavy atom. The Morgan fingerprint density at radius 2 is 2.12 bits per heavy atom. The number of nitrogens with zero attached hydrogens (tertiary/aromatic N) is 1. The van der Waals surface area contributed by atoms with E-state index in [1.807, 2.05) is 0 Å². The van der Waals surface area contributed by atoms with E-state index >= 15 is 0 Å². The molecule has 0 aliphatic carbocycles. The molecule has 0 radical (unpaired) electrons. The third-order valence-corrected chi connectivity index (χ3v) is 3.63. The van der Waals surface area contributed by atoms with Crippen molar-refractivity contribution in [1.29, 1.82) is 0 Å². The van der Waals surface area contributed by atoms with E-state index in [0.717, 1.165) is 13.1 Å². The van der Waals surface area contributed by atoms with Crippen LogP contribution in [0.1, 0.15) is 31.4 Å². The number of fused-ring (bicyclic) bond motifs is 1. The summed E-state index contributed by atoms with van der Waals surface area (Å²) in [5.41, 5.74) is 4.09. The molecule has 1 aromatic carbocycles. The van der Waals surface area contributed by atoms with Crippen LogP contribution in [-0.4, -0.2) is 24.3 Å². The first-order chi connectivity index (χ1) is 8.08. The number of hydrogen-bond acceptors (Lipinski definition) is 2. The summed E-state index contributed by atoms with van der Waals surface area (Å²) in [4.78, 5) is 2.34. The minimum Gasteiger partial charge on any atom is -0.391 e. The molecule has 0 aromatic heterocycles. The first kappa shape index (κ1) is 12.4. The molecule has 0 bridgehead atoms. The first-order valence-electron chi connectivity index (χ1n) is 6.60. The van der Waals surface area contributed by atoms with Crippen LogP contribution in [-0.2, 0) is 6.42 Å². The topological polar surface area (TPSA) is 23.5 Å². The summed E-state index contributed by atoms with van der Waals surface area (Å²) >= 11 is 0. The van der Waals surface area contributed by atoms with Crippen LogP contribution in [0.5, 0.6) is 0 Å². The van der Waals surface area contributed by atoms with Crippen LogP contribution in [0.4, 0.5) is 5.69 Å². The van der Waals surface area contributed by atoms with Crippen LogP contribution in [0.15, 0.2) is 18.2 Å². The fraction of sp³-hybridized carbons (Fsp3) is 0.600. The lowest BCUT2D eigenvalue weighted by molar-refractivity contribution is 0.130. The van der Waals surface area contributed by atoms with Gasteiger partial charge in [0.15, 0.2) is 0 Å². The Kier molecular flexibility index (Phi) is 3.72. The van der Waals surface area contributed by atoms with Gasteiger partial charge in [-0.05, 0) is 37.3 Å². The van der Waals surface area contributed by atoms with E-state index in [-0.39, 0.29) is 6.10 Å². The van der Waals surface area contributed by atoms with E-state index in [0.29, 0.717) is 5.92 Å². The predicted molar refractivity (Wildman–Crippen MR) is 72.6 cm³/mol. The number of aliphatic hydroxyl groups excluding tert-OH is 1. The van der Waals surface area contributed by atoms with Crippen molar-refractivity contribution in [2.45, 2.75) is 39.7 Å². The van der Waals surface area contributed by atoms with Gasteiger partial charge < -0.3 is 10.0 Å². The Balaban J connectivity index is 2.17. The molecule has 1 aliphatic heterocycles. The lowest BCUT2D eigenvalue weighted by Gasteiger charge is -2.34. The number of benzene rings is 1. The van der Waals surface area contributed by atoms with Crippen LogP contribution in [0.25, 0.3) is 0 Å². The summed E-state index contributed by atoms with van der Waals surface area (Å²) in [6, 6.07) is 6.65. The predicted octanol–water partition coefficient (Wildman–Crippen LogP) is 2.76. The van der Waals surface area contributed by atoms with E-state index in [1.165, 1.54) is 29.7 Å². The fourth-order valence-electron chi connectivity index (χ4n) is 2.43. The zero-order valence-electron chi connectivity index (χ0n) is 11.1. The summed E-state index contributed by atoms with van der Waals surface area (Å²) in [5, 5.41) is 10.0. The molecule has 1 heterocycles. The van der Waals surface area contributed by atoms with Gasteiger partial charge >= 0.3 is 0 Å². The van der Waals surface area contributed by atoms with Crippen molar-refractivity contribution in [3.63, 3.8) is 0 Å². The summed E-state index contributed by atoms with van der Waals surface area (Å²) in [6.07, 6.45) is 2.13. The average Bonchev–Trinajstić information content (AvgIpc) is 2.28. The van der Waals surface area contributed by atoms with Crippen LogP contribution in [0.2, 0.25) is 0 Å². The van der Waals surface area contributed by atoms with Gasteiger partial charge in [0.25, 0.3) is 0 Å². The summed E-state index contributed by atoms with van der Waals surface area (Å²) in [7, 11) is 0. The summed E-state index contributed by atoms with van der Waals surface area (Å²) in [5.74, 6) is 0.325. The smallest absolute Gasteiger partial charge is 0.0737 e. The Bertz CT molecular complexity index is 387. The average molecular weight is 233 g/mol. The molecule has 0 amide bonds. The highest BCUT2D eigenvalue weighted by Crippen LogP contribution is 2.28. The molecule has 2 heteroatoms. The Hall–Kier alpha value is -1.02. The monoisotopic (exact) mass is 233 g/mol. The highest BCUT2D eigenvalue weighted by molar-refractivity contribution is 5.56. The third-order valence-electron chi connectivity index (χ3n) is 3.63. The van der Waals surface area contributed by atoms with Crippen LogP contribution in [0, 0.1) is 12.8 Å². The summed E-state index contributed by atoms with van der Waals surface area (Å²) in [6.45, 7) is 8.12. The first-order valence-corrected chi connectivity index (χ1v) is 6.60. The number of β-amino-alcohol motifs (C(OH)–C–C–N with tert-alkyl or cyclic N) is 1. The molecule has 1 atom stereocenters. The van der Waals surface area contributed by atoms with E-state index < -0.39 is 0 Å². The van der Waals surface area contributed by atoms with Gasteiger partial charge in [0.1, 0.15) is 0 Å². The minimum atomic E-state index is -0.234. The molecule has 94 valence electrons. The largest absolute Gasteiger partial charge is 0.391 e. The van der Waals surface area contributed by atoms with Gasteiger partial charge in [-0.3, -0.25) is 0 Å². The molecule has 17 heavy (non-hydrogen) atoms. The minimum absolute atomic E-state index is 0.234. The van der Waals surface area contributed by atoms with Crippen molar-refractivity contribution in [3.8, 4) is 0 Å². The van der Waals surface area contributed by atoms with Gasteiger partial charge in [-0.15, -0.1) is 0 Å². The van der Waals surface area contributed by atoms with Crippen LogP contribution in [0.3, 0.4) is 0 Å². The van der Waals surface area contributed by atoms with Gasteiger partial charge in [0.05, 0.1) is 6.10 Å². The quantitative estimate of drug-likeness (QED) is 0.867. The second-order valence-electron chi connectivity index (χ2n) is 5.49. The molecular formula is C15H23NO. The molecule has 0 fully saturated rings. The fourth-order valence-corrected chi connectivity index (χ4v) is 2.43. The molecule has 2 rings (SSSR count). The van der Waals surface area contributed by atoms with Crippen molar-refractivity contribution >= 4 is 5.69 Å². The number of aliphatic hydroxyl groups is 1. The molecule has 1 aliphatic rings. The number of aryl methyl sites for hydroxylation is 2. The highest BCUT2D eigenvalue weighted by Gasteiger charge is 2.20. The standard InChI is InChI=1S/C15H23NO/c1-11(2)15(17)10-16-8-4-5-13-9-12(3)6-7-14(13)16/h6-7,9,11,15,17H,4-5,8,10H2,1-3H3. The molecule has 2 nitrogen and oxygen atoms in total. The second-order valence-corrected chi connectivity index (χ2v) is 5.49. The molecule has 1 aromatic rings. The maximum Gasteiger partial charge on any atom is 0.0737 e. The van der Waals surface area contributed by atoms with Gasteiger partial charge in [-0.1, -0.05) is 31.5 Å². The van der Waals surface area contributed by atoms with Crippen molar-refractivity contribution in [1.82, 2.24) is 0 Å². The molecule has 0 saturated carbocycles. The lowest BCUT2D eigenvalue weighted by Crippen LogP contribution is -2.38. The van der Waals surface area contributed by atoms with Gasteiger partial charge in [0, 0.05) is 18.8 Å². The zero-order valence-corrected chi connectivity index (χ0v) is 11.1. The van der Waals surface area contributed by atoms with E-state index in [4.69, 9.17) is 0 Å². The van der Waals surface area contributed by atoms with Crippen LogP contribution >= 0.6 is 0 Å². The van der Waals surface area contributed by atoms with Crippen molar-refractivity contribution in [2.24, 2.45) is 5.92 Å². The summed E-state index contributed by atoms with van der Waals surface area (Å²) < 4.78 is 0. The van der Waals surface area contributed by atoms with Gasteiger partial charge in [-0.2, -0.15) is 0 Å². The SMILES string of the molecule is Cc1ccc2c(c1)CCCN2CC(O)C(C)C. The van der Waals surface area contributed by atoms with Crippen molar-refractivity contribution in [3.05, 3.63) is 29.3 Å². The van der Waals surface area contributed by atoms with Crippen molar-refractivity contribution < 1.29 is 5.11 Å². The third kappa shape index (κ3) is 2.81. The van der Waals surface area contributed by atoms with Gasteiger partial charge in [-0.25, -0.2) is 0 Å². The van der Waals surface area contributed by atoms with E-state index in [9.17, 15) is 5.11 Å². The van der Waals surface area contributed by atoms with Crippen LogP contribution < -0.4 is 4.90 Å². The van der Waals surface area contributed by atoms with Gasteiger partial charge in [0.2, 0.25) is 0 Å². The normalized spacial score (nSPS) is 17.1.